The van der Waals surface area contributed by atoms with Gasteiger partial charge in [-0.15, -0.1) is 30.1 Å². The molecule has 1 radical (unpaired) electrons. The number of rotatable bonds is 8. The summed E-state index contributed by atoms with van der Waals surface area (Å²) in [6, 6.07) is 0.954. The monoisotopic (exact) mass is 385 g/mol. The van der Waals surface area contributed by atoms with Gasteiger partial charge in [-0.25, -0.2) is 6.17 Å². The minimum absolute atomic E-state index is 0. The van der Waals surface area contributed by atoms with Crippen LogP contribution in [0.2, 0.25) is 0 Å². The van der Waals surface area contributed by atoms with Crippen LogP contribution in [0.4, 0.5) is 0 Å². The topological polar surface area (TPSA) is 56.4 Å². The van der Waals surface area contributed by atoms with E-state index in [1.54, 1.807) is 0 Å². The molecule has 0 saturated carbocycles. The molecule has 2 atom stereocenters. The van der Waals surface area contributed by atoms with Crippen molar-refractivity contribution in [1.82, 2.24) is 0 Å². The zero-order valence-electron chi connectivity index (χ0n) is 18.0. The molecule has 0 saturated heterocycles. The third-order valence-corrected chi connectivity index (χ3v) is 2.82. The van der Waals surface area contributed by atoms with E-state index in [-0.39, 0.29) is 34.0 Å². The van der Waals surface area contributed by atoms with Crippen molar-refractivity contribution in [2.75, 3.05) is 13.1 Å². The Labute approximate surface area is 163 Å². The zero-order chi connectivity index (χ0) is 18.7. The molecule has 0 aromatic heterocycles. The van der Waals surface area contributed by atoms with E-state index >= 15 is 0 Å². The Bertz CT molecular complexity index is 246. The predicted molar refractivity (Wildman–Crippen MR) is 107 cm³/mol. The Hall–Kier alpha value is 0.346. The minimum atomic E-state index is 0. The Morgan fingerprint density at radius 2 is 0.958 bits per heavy atom. The van der Waals surface area contributed by atoms with Crippen LogP contribution >= 0.6 is 0 Å². The second kappa shape index (κ2) is 14.5. The van der Waals surface area contributed by atoms with E-state index in [2.05, 4.69) is 90.5 Å². The molecule has 5 heteroatoms. The normalized spacial score (nSPS) is 14.5. The van der Waals surface area contributed by atoms with Crippen LogP contribution in [0.1, 0.15) is 82.6 Å². The summed E-state index contributed by atoms with van der Waals surface area (Å²) < 4.78 is 0. The summed E-state index contributed by atoms with van der Waals surface area (Å²) in [6.07, 6.45) is 1.20. The molecule has 0 heterocycles. The van der Waals surface area contributed by atoms with Gasteiger partial charge in [0.25, 0.3) is 0 Å². The maximum atomic E-state index is 4.53. The van der Waals surface area contributed by atoms with Gasteiger partial charge in [0.1, 0.15) is 0 Å². The average Bonchev–Trinajstić information content (AvgIpc) is 2.24. The maximum Gasteiger partial charge on any atom is 0 e. The standard InChI is InChI=1S/C10H22N2.C9H20N2.Co/c1-8(11-9(2,3)4)12-10(5,6)7;1-5-10-8(3)7-9(4)11-6-2;/h8H,1-7H3;8-9H,5-7H2,1-4H3;/q2*-2;. The van der Waals surface area contributed by atoms with Gasteiger partial charge in [0.2, 0.25) is 0 Å². The molecule has 0 aliphatic rings. The van der Waals surface area contributed by atoms with E-state index in [0.717, 1.165) is 19.5 Å². The van der Waals surface area contributed by atoms with Gasteiger partial charge < -0.3 is 21.3 Å². The van der Waals surface area contributed by atoms with E-state index in [4.69, 9.17) is 0 Å². The van der Waals surface area contributed by atoms with E-state index in [1.165, 1.54) is 0 Å². The van der Waals surface area contributed by atoms with Crippen molar-refractivity contribution in [1.29, 1.82) is 0 Å². The molecular weight excluding hydrogens is 343 g/mol. The van der Waals surface area contributed by atoms with Crippen LogP contribution in [-0.2, 0) is 16.8 Å². The Balaban J connectivity index is -0.000000354. The Morgan fingerprint density at radius 1 is 0.667 bits per heavy atom. The first-order valence-corrected chi connectivity index (χ1v) is 9.08. The fraction of sp³-hybridized carbons (Fsp3) is 1.00. The van der Waals surface area contributed by atoms with Crippen LogP contribution in [0.3, 0.4) is 0 Å². The maximum absolute atomic E-state index is 4.53. The predicted octanol–water partition coefficient (Wildman–Crippen LogP) is 6.62. The van der Waals surface area contributed by atoms with Crippen LogP contribution in [0.5, 0.6) is 0 Å². The summed E-state index contributed by atoms with van der Waals surface area (Å²) in [5.74, 6) is 0. The minimum Gasteiger partial charge on any atom is -0.673 e. The molecule has 0 aliphatic carbocycles. The second-order valence-electron chi connectivity index (χ2n) is 8.16. The quantitative estimate of drug-likeness (QED) is 0.451. The third-order valence-electron chi connectivity index (χ3n) is 2.82. The van der Waals surface area contributed by atoms with Crippen molar-refractivity contribution >= 4 is 0 Å². The summed E-state index contributed by atoms with van der Waals surface area (Å²) in [6.45, 7) is 25.0. The first-order valence-electron chi connectivity index (χ1n) is 9.08. The summed E-state index contributed by atoms with van der Waals surface area (Å²) in [5.41, 5.74) is 0.0440. The molecule has 0 rings (SSSR count). The van der Waals surface area contributed by atoms with Crippen LogP contribution in [0.25, 0.3) is 21.3 Å². The van der Waals surface area contributed by atoms with Gasteiger partial charge in [0, 0.05) is 16.8 Å². The third kappa shape index (κ3) is 24.6. The van der Waals surface area contributed by atoms with Crippen molar-refractivity contribution in [3.8, 4) is 0 Å². The summed E-state index contributed by atoms with van der Waals surface area (Å²) in [5, 5.41) is 17.8. The average molecular weight is 386 g/mol. The fourth-order valence-corrected chi connectivity index (χ4v) is 2.42. The van der Waals surface area contributed by atoms with E-state index < -0.39 is 0 Å². The second-order valence-corrected chi connectivity index (χ2v) is 8.16. The Morgan fingerprint density at radius 3 is 1.17 bits per heavy atom. The van der Waals surface area contributed by atoms with Crippen molar-refractivity contribution < 1.29 is 16.8 Å². The molecule has 0 spiro atoms. The summed E-state index contributed by atoms with van der Waals surface area (Å²) >= 11 is 0. The number of hydrogen-bond donors (Lipinski definition) is 0. The molecule has 0 fully saturated rings. The molecule has 0 aliphatic heterocycles. The SMILES string of the molecule is CC([N-]C(C)(C)C)[N-]C(C)(C)C.CC[N-]C(C)CC(C)[N-]CC.[Co]. The number of hydrogen-bond acceptors (Lipinski definition) is 0. The summed E-state index contributed by atoms with van der Waals surface area (Å²) in [4.78, 5) is 0. The van der Waals surface area contributed by atoms with Gasteiger partial charge in [-0.05, 0) is 0 Å². The van der Waals surface area contributed by atoms with Crippen LogP contribution in [0.15, 0.2) is 0 Å². The molecule has 24 heavy (non-hydrogen) atoms. The molecule has 2 unspecified atom stereocenters. The van der Waals surface area contributed by atoms with E-state index in [1.807, 2.05) is 6.92 Å². The molecule has 0 amide bonds. The largest absolute Gasteiger partial charge is 0.673 e. The molecule has 0 bridgehead atoms. The van der Waals surface area contributed by atoms with Gasteiger partial charge in [-0.1, -0.05) is 75.7 Å². The van der Waals surface area contributed by atoms with Gasteiger partial charge in [0.15, 0.2) is 0 Å². The molecule has 151 valence electrons. The van der Waals surface area contributed by atoms with Gasteiger partial charge in [-0.2, -0.15) is 13.1 Å². The molecule has 4 nitrogen and oxygen atoms in total. The van der Waals surface area contributed by atoms with E-state index in [0.29, 0.717) is 12.1 Å². The fourth-order valence-electron chi connectivity index (χ4n) is 2.42. The smallest absolute Gasteiger partial charge is 0 e. The zero-order valence-corrected chi connectivity index (χ0v) is 19.0. The molecule has 0 N–H and O–H groups in total. The van der Waals surface area contributed by atoms with Crippen LogP contribution in [0, 0.1) is 0 Å². The van der Waals surface area contributed by atoms with E-state index in [9.17, 15) is 0 Å². The first kappa shape index (κ1) is 29.1. The van der Waals surface area contributed by atoms with Gasteiger partial charge >= 0.3 is 0 Å². The van der Waals surface area contributed by atoms with Crippen molar-refractivity contribution in [3.05, 3.63) is 21.3 Å². The van der Waals surface area contributed by atoms with Crippen molar-refractivity contribution in [2.45, 2.75) is 112 Å². The van der Waals surface area contributed by atoms with Crippen LogP contribution < -0.4 is 0 Å². The molecule has 0 aromatic rings. The van der Waals surface area contributed by atoms with Crippen molar-refractivity contribution in [3.63, 3.8) is 0 Å². The van der Waals surface area contributed by atoms with Crippen molar-refractivity contribution in [2.24, 2.45) is 0 Å². The van der Waals surface area contributed by atoms with Gasteiger partial charge in [-0.3, -0.25) is 0 Å². The number of nitrogens with zero attached hydrogens (tertiary/aromatic N) is 4. The molecule has 0 aromatic carbocycles. The van der Waals surface area contributed by atoms with Crippen LogP contribution in [-0.4, -0.2) is 42.4 Å². The van der Waals surface area contributed by atoms with Gasteiger partial charge in [0.05, 0.1) is 0 Å². The first-order chi connectivity index (χ1) is 10.3. The molecular formula is C19H42CoN4-4. The Kier molecular flexibility index (Phi) is 17.6. The summed E-state index contributed by atoms with van der Waals surface area (Å²) in [7, 11) is 0.